The second-order valence-corrected chi connectivity index (χ2v) is 7.27. The highest BCUT2D eigenvalue weighted by molar-refractivity contribution is 6.07. The zero-order valence-electron chi connectivity index (χ0n) is 15.1. The standard InChI is InChI=1S/C19H25N3O4/c1-25-15-5-4-14-13-21(10-11-26-16(14)12-15)8-9-22-17(23)19(20-18(22)24)6-2-3-7-19/h4-5,12H,2-3,6-11,13H2,1H3,(H,20,24). The van der Waals surface area contributed by atoms with Gasteiger partial charge < -0.3 is 14.8 Å². The molecule has 1 aromatic rings. The van der Waals surface area contributed by atoms with Crippen LogP contribution in [0.15, 0.2) is 18.2 Å². The molecule has 0 aromatic heterocycles. The number of fused-ring (bicyclic) bond motifs is 1. The van der Waals surface area contributed by atoms with Crippen molar-refractivity contribution in [1.82, 2.24) is 15.1 Å². The molecule has 4 rings (SSSR count). The fourth-order valence-electron chi connectivity index (χ4n) is 4.16. The third kappa shape index (κ3) is 3.00. The lowest BCUT2D eigenvalue weighted by molar-refractivity contribution is -0.131. The van der Waals surface area contributed by atoms with Gasteiger partial charge in [-0.2, -0.15) is 0 Å². The van der Waals surface area contributed by atoms with Crippen LogP contribution in [0, 0.1) is 0 Å². The van der Waals surface area contributed by atoms with Gasteiger partial charge in [-0.1, -0.05) is 18.9 Å². The monoisotopic (exact) mass is 359 g/mol. The summed E-state index contributed by atoms with van der Waals surface area (Å²) in [7, 11) is 1.64. The van der Waals surface area contributed by atoms with E-state index in [1.165, 1.54) is 4.90 Å². The van der Waals surface area contributed by atoms with Crippen molar-refractivity contribution in [3.63, 3.8) is 0 Å². The number of hydrogen-bond donors (Lipinski definition) is 1. The van der Waals surface area contributed by atoms with Crippen LogP contribution in [0.2, 0.25) is 0 Å². The highest BCUT2D eigenvalue weighted by atomic mass is 16.5. The van der Waals surface area contributed by atoms with Gasteiger partial charge in [0.25, 0.3) is 5.91 Å². The molecule has 1 saturated carbocycles. The Morgan fingerprint density at radius 3 is 2.81 bits per heavy atom. The number of methoxy groups -OCH3 is 1. The van der Waals surface area contributed by atoms with Crippen molar-refractivity contribution in [2.75, 3.05) is 33.4 Å². The molecule has 1 aromatic carbocycles. The summed E-state index contributed by atoms with van der Waals surface area (Å²) in [6, 6.07) is 5.59. The number of nitrogens with zero attached hydrogens (tertiary/aromatic N) is 2. The second kappa shape index (κ2) is 6.79. The maximum atomic E-state index is 12.7. The van der Waals surface area contributed by atoms with Crippen LogP contribution in [0.1, 0.15) is 31.2 Å². The number of rotatable bonds is 4. The molecule has 26 heavy (non-hydrogen) atoms. The van der Waals surface area contributed by atoms with Gasteiger partial charge in [0.2, 0.25) is 0 Å². The Kier molecular flexibility index (Phi) is 4.48. The highest BCUT2D eigenvalue weighted by Gasteiger charge is 2.52. The Morgan fingerprint density at radius 2 is 2.04 bits per heavy atom. The second-order valence-electron chi connectivity index (χ2n) is 7.27. The Hall–Kier alpha value is -2.28. The molecule has 2 fully saturated rings. The summed E-state index contributed by atoms with van der Waals surface area (Å²) < 4.78 is 11.1. The topological polar surface area (TPSA) is 71.1 Å². The lowest BCUT2D eigenvalue weighted by atomic mass is 9.98. The smallest absolute Gasteiger partial charge is 0.325 e. The molecular formula is C19H25N3O4. The van der Waals surface area contributed by atoms with Crippen LogP contribution in [0.4, 0.5) is 4.79 Å². The maximum absolute atomic E-state index is 12.7. The minimum atomic E-state index is -0.623. The van der Waals surface area contributed by atoms with Gasteiger partial charge in [0.1, 0.15) is 23.6 Å². The molecule has 1 N–H and O–H groups in total. The molecule has 2 heterocycles. The molecule has 1 aliphatic carbocycles. The van der Waals surface area contributed by atoms with Crippen molar-refractivity contribution in [3.05, 3.63) is 23.8 Å². The average Bonchev–Trinajstić information content (AvgIpc) is 3.12. The first-order chi connectivity index (χ1) is 12.6. The zero-order valence-corrected chi connectivity index (χ0v) is 15.1. The van der Waals surface area contributed by atoms with Crippen LogP contribution in [0.25, 0.3) is 0 Å². The largest absolute Gasteiger partial charge is 0.497 e. The van der Waals surface area contributed by atoms with Crippen molar-refractivity contribution in [2.24, 2.45) is 0 Å². The molecule has 0 atom stereocenters. The van der Waals surface area contributed by atoms with Gasteiger partial charge in [0, 0.05) is 37.8 Å². The fraction of sp³-hybridized carbons (Fsp3) is 0.579. The van der Waals surface area contributed by atoms with Crippen LogP contribution in [0.5, 0.6) is 11.5 Å². The van der Waals surface area contributed by atoms with Crippen LogP contribution >= 0.6 is 0 Å². The number of amides is 3. The molecule has 7 nitrogen and oxygen atoms in total. The van der Waals surface area contributed by atoms with E-state index >= 15 is 0 Å². The van der Waals surface area contributed by atoms with Crippen molar-refractivity contribution >= 4 is 11.9 Å². The summed E-state index contributed by atoms with van der Waals surface area (Å²) in [5.41, 5.74) is 0.468. The Morgan fingerprint density at radius 1 is 1.23 bits per heavy atom. The molecule has 3 aliphatic rings. The van der Waals surface area contributed by atoms with Gasteiger partial charge in [-0.05, 0) is 18.9 Å². The van der Waals surface area contributed by atoms with Crippen LogP contribution in [-0.4, -0.2) is 60.6 Å². The first-order valence-corrected chi connectivity index (χ1v) is 9.27. The van der Waals surface area contributed by atoms with Crippen LogP contribution in [0.3, 0.4) is 0 Å². The van der Waals surface area contributed by atoms with Gasteiger partial charge >= 0.3 is 6.03 Å². The Labute approximate surface area is 153 Å². The maximum Gasteiger partial charge on any atom is 0.325 e. The summed E-state index contributed by atoms with van der Waals surface area (Å²) in [6.07, 6.45) is 3.54. The lowest BCUT2D eigenvalue weighted by Crippen LogP contribution is -2.44. The zero-order chi connectivity index (χ0) is 18.1. The predicted octanol–water partition coefficient (Wildman–Crippen LogP) is 1.75. The van der Waals surface area contributed by atoms with Crippen molar-refractivity contribution in [3.8, 4) is 11.5 Å². The number of urea groups is 1. The van der Waals surface area contributed by atoms with Gasteiger partial charge in [-0.25, -0.2) is 4.79 Å². The van der Waals surface area contributed by atoms with E-state index in [0.29, 0.717) is 19.7 Å². The first-order valence-electron chi connectivity index (χ1n) is 9.27. The van der Waals surface area contributed by atoms with Crippen LogP contribution < -0.4 is 14.8 Å². The lowest BCUT2D eigenvalue weighted by Gasteiger charge is -2.23. The SMILES string of the molecule is COc1ccc2c(c1)OCCN(CCN1C(=O)NC3(CCCC3)C1=O)C2. The first kappa shape index (κ1) is 17.1. The quantitative estimate of drug-likeness (QED) is 0.830. The van der Waals surface area contributed by atoms with E-state index in [2.05, 4.69) is 10.2 Å². The van der Waals surface area contributed by atoms with E-state index in [0.717, 1.165) is 55.8 Å². The molecule has 140 valence electrons. The molecule has 3 amide bonds. The van der Waals surface area contributed by atoms with Gasteiger partial charge in [0.15, 0.2) is 0 Å². The van der Waals surface area contributed by atoms with Crippen molar-refractivity contribution in [1.29, 1.82) is 0 Å². The Balaban J connectivity index is 1.40. The Bertz CT molecular complexity index is 715. The minimum absolute atomic E-state index is 0.0452. The highest BCUT2D eigenvalue weighted by Crippen LogP contribution is 2.35. The molecular weight excluding hydrogens is 334 g/mol. The molecule has 1 spiro atoms. The third-order valence-electron chi connectivity index (χ3n) is 5.68. The average molecular weight is 359 g/mol. The predicted molar refractivity (Wildman–Crippen MR) is 95.2 cm³/mol. The summed E-state index contributed by atoms with van der Waals surface area (Å²) >= 11 is 0. The third-order valence-corrected chi connectivity index (χ3v) is 5.68. The van der Waals surface area contributed by atoms with E-state index in [1.807, 2.05) is 18.2 Å². The molecule has 0 bridgehead atoms. The van der Waals surface area contributed by atoms with Gasteiger partial charge in [-0.3, -0.25) is 14.6 Å². The molecule has 0 unspecified atom stereocenters. The van der Waals surface area contributed by atoms with Gasteiger partial charge in [0.05, 0.1) is 7.11 Å². The number of carbonyl (C=O) groups excluding carboxylic acids is 2. The van der Waals surface area contributed by atoms with E-state index < -0.39 is 5.54 Å². The number of hydrogen-bond acceptors (Lipinski definition) is 5. The fourth-order valence-corrected chi connectivity index (χ4v) is 4.16. The number of carbonyl (C=O) groups is 2. The molecule has 0 radical (unpaired) electrons. The van der Waals surface area contributed by atoms with Crippen molar-refractivity contribution < 1.29 is 19.1 Å². The molecule has 2 aliphatic heterocycles. The van der Waals surface area contributed by atoms with E-state index in [9.17, 15) is 9.59 Å². The minimum Gasteiger partial charge on any atom is -0.497 e. The number of ether oxygens (including phenoxy) is 2. The molecule has 1 saturated heterocycles. The van der Waals surface area contributed by atoms with E-state index in [1.54, 1.807) is 7.11 Å². The van der Waals surface area contributed by atoms with E-state index in [4.69, 9.17) is 9.47 Å². The van der Waals surface area contributed by atoms with E-state index in [-0.39, 0.29) is 11.9 Å². The summed E-state index contributed by atoms with van der Waals surface area (Å²) in [4.78, 5) is 28.6. The number of imide groups is 1. The van der Waals surface area contributed by atoms with Gasteiger partial charge in [-0.15, -0.1) is 0 Å². The molecule has 7 heteroatoms. The summed E-state index contributed by atoms with van der Waals surface area (Å²) in [6.45, 7) is 3.12. The summed E-state index contributed by atoms with van der Waals surface area (Å²) in [5.74, 6) is 1.57. The number of benzene rings is 1. The van der Waals surface area contributed by atoms with Crippen LogP contribution in [-0.2, 0) is 11.3 Å². The van der Waals surface area contributed by atoms with Crippen molar-refractivity contribution in [2.45, 2.75) is 37.8 Å². The normalized spacial score (nSPS) is 22.1. The number of nitrogens with one attached hydrogen (secondary N) is 1. The summed E-state index contributed by atoms with van der Waals surface area (Å²) in [5, 5.41) is 2.94.